The van der Waals surface area contributed by atoms with E-state index in [1.54, 1.807) is 0 Å². The molecule has 0 aromatic heterocycles. The lowest BCUT2D eigenvalue weighted by molar-refractivity contribution is 0.0216. The Morgan fingerprint density at radius 3 is 2.18 bits per heavy atom. The first-order chi connectivity index (χ1) is 7.79. The second-order valence-corrected chi connectivity index (χ2v) is 6.09. The highest BCUT2D eigenvalue weighted by Gasteiger charge is 2.26. The molecular formula is C14H31NO2. The van der Waals surface area contributed by atoms with E-state index in [4.69, 9.17) is 4.74 Å². The molecule has 104 valence electrons. The molecule has 0 amide bonds. The maximum absolute atomic E-state index is 9.48. The highest BCUT2D eigenvalue weighted by molar-refractivity contribution is 4.85. The van der Waals surface area contributed by atoms with Crippen molar-refractivity contribution in [2.75, 3.05) is 13.2 Å². The molecule has 0 spiro atoms. The lowest BCUT2D eigenvalue weighted by atomic mass is 9.94. The van der Waals surface area contributed by atoms with Crippen molar-refractivity contribution in [2.45, 2.75) is 72.1 Å². The molecule has 0 saturated carbocycles. The lowest BCUT2D eigenvalue weighted by Crippen LogP contribution is -2.51. The molecule has 3 heteroatoms. The normalized spacial score (nSPS) is 17.5. The molecule has 0 aliphatic carbocycles. The summed E-state index contributed by atoms with van der Waals surface area (Å²) in [5.74, 6) is 0.681. The van der Waals surface area contributed by atoms with Crippen molar-refractivity contribution >= 4 is 0 Å². The van der Waals surface area contributed by atoms with Gasteiger partial charge in [0.1, 0.15) is 0 Å². The molecule has 0 aliphatic heterocycles. The number of nitrogens with one attached hydrogen (secondary N) is 1. The molecule has 0 rings (SSSR count). The fourth-order valence-corrected chi connectivity index (χ4v) is 2.06. The van der Waals surface area contributed by atoms with Crippen LogP contribution in [0.4, 0.5) is 0 Å². The van der Waals surface area contributed by atoms with E-state index < -0.39 is 0 Å². The SMILES string of the molecule is CC(C)CCOC(C)CC(C)(CO)NC(C)C. The average molecular weight is 245 g/mol. The van der Waals surface area contributed by atoms with Gasteiger partial charge in [-0.15, -0.1) is 0 Å². The zero-order chi connectivity index (χ0) is 13.5. The van der Waals surface area contributed by atoms with Crippen molar-refractivity contribution in [3.63, 3.8) is 0 Å². The van der Waals surface area contributed by atoms with E-state index in [9.17, 15) is 5.11 Å². The van der Waals surface area contributed by atoms with Crippen LogP contribution in [0, 0.1) is 5.92 Å². The van der Waals surface area contributed by atoms with Gasteiger partial charge in [-0.05, 0) is 32.6 Å². The highest BCUT2D eigenvalue weighted by Crippen LogP contribution is 2.15. The second-order valence-electron chi connectivity index (χ2n) is 6.09. The van der Waals surface area contributed by atoms with Gasteiger partial charge >= 0.3 is 0 Å². The summed E-state index contributed by atoms with van der Waals surface area (Å²) in [6, 6.07) is 0.370. The van der Waals surface area contributed by atoms with Crippen LogP contribution in [0.15, 0.2) is 0 Å². The molecule has 2 unspecified atom stereocenters. The van der Waals surface area contributed by atoms with Gasteiger partial charge in [-0.2, -0.15) is 0 Å². The van der Waals surface area contributed by atoms with E-state index in [0.29, 0.717) is 12.0 Å². The first-order valence-corrected chi connectivity index (χ1v) is 6.79. The topological polar surface area (TPSA) is 41.5 Å². The van der Waals surface area contributed by atoms with Crippen LogP contribution in [0.25, 0.3) is 0 Å². The minimum absolute atomic E-state index is 0.142. The third-order valence-electron chi connectivity index (χ3n) is 2.82. The van der Waals surface area contributed by atoms with Gasteiger partial charge in [0.2, 0.25) is 0 Å². The Balaban J connectivity index is 4.00. The minimum Gasteiger partial charge on any atom is -0.394 e. The zero-order valence-electron chi connectivity index (χ0n) is 12.4. The second kappa shape index (κ2) is 8.06. The molecule has 2 N–H and O–H groups in total. The van der Waals surface area contributed by atoms with E-state index in [1.807, 2.05) is 0 Å². The van der Waals surface area contributed by atoms with Gasteiger partial charge in [0, 0.05) is 18.2 Å². The molecule has 3 nitrogen and oxygen atoms in total. The van der Waals surface area contributed by atoms with Crippen LogP contribution in [0.5, 0.6) is 0 Å². The molecule has 0 fully saturated rings. The Bertz CT molecular complexity index is 195. The Hall–Kier alpha value is -0.120. The Morgan fingerprint density at radius 2 is 1.76 bits per heavy atom. The smallest absolute Gasteiger partial charge is 0.0611 e. The monoisotopic (exact) mass is 245 g/mol. The van der Waals surface area contributed by atoms with Gasteiger partial charge in [0.15, 0.2) is 0 Å². The molecule has 0 aromatic rings. The van der Waals surface area contributed by atoms with Crippen LogP contribution in [0.2, 0.25) is 0 Å². The Kier molecular flexibility index (Phi) is 8.01. The quantitative estimate of drug-likeness (QED) is 0.656. The summed E-state index contributed by atoms with van der Waals surface area (Å²) in [4.78, 5) is 0. The van der Waals surface area contributed by atoms with E-state index in [2.05, 4.69) is 46.9 Å². The average Bonchev–Trinajstić information content (AvgIpc) is 2.15. The van der Waals surface area contributed by atoms with Crippen LogP contribution in [-0.4, -0.2) is 36.0 Å². The van der Waals surface area contributed by atoms with Crippen molar-refractivity contribution in [3.05, 3.63) is 0 Å². The Labute approximate surface area is 107 Å². The third-order valence-corrected chi connectivity index (χ3v) is 2.82. The van der Waals surface area contributed by atoms with Crippen LogP contribution >= 0.6 is 0 Å². The summed E-state index contributed by atoms with van der Waals surface area (Å²) in [5, 5.41) is 12.9. The molecular weight excluding hydrogens is 214 g/mol. The summed E-state index contributed by atoms with van der Waals surface area (Å²) < 4.78 is 5.78. The fraction of sp³-hybridized carbons (Fsp3) is 1.00. The number of aliphatic hydroxyl groups is 1. The summed E-state index contributed by atoms with van der Waals surface area (Å²) in [6.45, 7) is 13.7. The first-order valence-electron chi connectivity index (χ1n) is 6.79. The first kappa shape index (κ1) is 16.9. The predicted molar refractivity (Wildman–Crippen MR) is 73.2 cm³/mol. The van der Waals surface area contributed by atoms with Crippen LogP contribution < -0.4 is 5.32 Å². The summed E-state index contributed by atoms with van der Waals surface area (Å²) in [6.07, 6.45) is 2.11. The molecule has 0 radical (unpaired) electrons. The van der Waals surface area contributed by atoms with Crippen molar-refractivity contribution < 1.29 is 9.84 Å². The molecule has 0 aliphatic rings. The molecule has 0 heterocycles. The summed E-state index contributed by atoms with van der Waals surface area (Å²) >= 11 is 0. The Morgan fingerprint density at radius 1 is 1.18 bits per heavy atom. The minimum atomic E-state index is -0.245. The van der Waals surface area contributed by atoms with Gasteiger partial charge in [-0.25, -0.2) is 0 Å². The standard InChI is InChI=1S/C14H31NO2/c1-11(2)7-8-17-13(5)9-14(6,10-16)15-12(3)4/h11-13,15-16H,7-10H2,1-6H3. The predicted octanol–water partition coefficient (Wildman–Crippen LogP) is 2.58. The number of hydrogen-bond donors (Lipinski definition) is 2. The highest BCUT2D eigenvalue weighted by atomic mass is 16.5. The van der Waals surface area contributed by atoms with Crippen molar-refractivity contribution in [3.8, 4) is 0 Å². The van der Waals surface area contributed by atoms with Crippen molar-refractivity contribution in [2.24, 2.45) is 5.92 Å². The molecule has 2 atom stereocenters. The van der Waals surface area contributed by atoms with Crippen LogP contribution in [-0.2, 0) is 4.74 Å². The van der Waals surface area contributed by atoms with Crippen LogP contribution in [0.3, 0.4) is 0 Å². The largest absolute Gasteiger partial charge is 0.394 e. The molecule has 0 saturated heterocycles. The van der Waals surface area contributed by atoms with Crippen LogP contribution in [0.1, 0.15) is 54.4 Å². The lowest BCUT2D eigenvalue weighted by Gasteiger charge is -2.33. The number of hydrogen-bond acceptors (Lipinski definition) is 3. The van der Waals surface area contributed by atoms with Crippen molar-refractivity contribution in [1.29, 1.82) is 0 Å². The van der Waals surface area contributed by atoms with Gasteiger partial charge in [0.05, 0.1) is 12.7 Å². The van der Waals surface area contributed by atoms with Gasteiger partial charge < -0.3 is 15.2 Å². The molecule has 0 bridgehead atoms. The molecule has 0 aromatic carbocycles. The zero-order valence-corrected chi connectivity index (χ0v) is 12.4. The maximum atomic E-state index is 9.48. The number of ether oxygens (including phenoxy) is 1. The van der Waals surface area contributed by atoms with Gasteiger partial charge in [-0.1, -0.05) is 27.7 Å². The number of rotatable bonds is 9. The summed E-state index contributed by atoms with van der Waals surface area (Å²) in [5.41, 5.74) is -0.245. The van der Waals surface area contributed by atoms with E-state index in [0.717, 1.165) is 19.4 Å². The third kappa shape index (κ3) is 8.58. The van der Waals surface area contributed by atoms with Gasteiger partial charge in [-0.3, -0.25) is 0 Å². The van der Waals surface area contributed by atoms with E-state index >= 15 is 0 Å². The maximum Gasteiger partial charge on any atom is 0.0611 e. The fourth-order valence-electron chi connectivity index (χ4n) is 2.06. The molecule has 17 heavy (non-hydrogen) atoms. The number of aliphatic hydroxyl groups excluding tert-OH is 1. The van der Waals surface area contributed by atoms with Crippen molar-refractivity contribution in [1.82, 2.24) is 5.32 Å². The van der Waals surface area contributed by atoms with Gasteiger partial charge in [0.25, 0.3) is 0 Å². The van der Waals surface area contributed by atoms with E-state index in [1.165, 1.54) is 0 Å². The summed E-state index contributed by atoms with van der Waals surface area (Å²) in [7, 11) is 0. The van der Waals surface area contributed by atoms with E-state index in [-0.39, 0.29) is 18.2 Å².